The lowest BCUT2D eigenvalue weighted by molar-refractivity contribution is 0.185. The molecule has 2 nitrogen and oxygen atoms in total. The number of aliphatic hydroxyl groups excluding tert-OH is 1. The fraction of sp³-hybridized carbons (Fsp3) is 1.00. The molecule has 2 aliphatic carbocycles. The Bertz CT molecular complexity index is 223. The van der Waals surface area contributed by atoms with E-state index >= 15 is 0 Å². The summed E-state index contributed by atoms with van der Waals surface area (Å²) in [5.74, 6) is 2.32. The summed E-state index contributed by atoms with van der Waals surface area (Å²) < 4.78 is 0. The molecule has 2 fully saturated rings. The average molecular weight is 253 g/mol. The molecule has 0 heterocycles. The van der Waals surface area contributed by atoms with Gasteiger partial charge in [-0.15, -0.1) is 0 Å². The molecule has 2 unspecified atom stereocenters. The van der Waals surface area contributed by atoms with Gasteiger partial charge in [0.15, 0.2) is 0 Å². The Kier molecular flexibility index (Phi) is 5.97. The van der Waals surface area contributed by atoms with Gasteiger partial charge in [0, 0.05) is 12.6 Å². The first-order chi connectivity index (χ1) is 8.83. The van der Waals surface area contributed by atoms with Crippen LogP contribution in [0.5, 0.6) is 0 Å². The first-order valence-electron chi connectivity index (χ1n) is 8.17. The predicted molar refractivity (Wildman–Crippen MR) is 76.6 cm³/mol. The van der Waals surface area contributed by atoms with E-state index in [4.69, 9.17) is 0 Å². The van der Waals surface area contributed by atoms with Gasteiger partial charge in [0.05, 0.1) is 0 Å². The first-order valence-corrected chi connectivity index (χ1v) is 8.17. The molecule has 0 aliphatic heterocycles. The number of hydrogen-bond acceptors (Lipinski definition) is 2. The molecule has 0 aromatic carbocycles. The van der Waals surface area contributed by atoms with Crippen LogP contribution in [0.3, 0.4) is 0 Å². The monoisotopic (exact) mass is 253 g/mol. The molecule has 0 bridgehead atoms. The second-order valence-corrected chi connectivity index (χ2v) is 6.55. The van der Waals surface area contributed by atoms with Crippen LogP contribution in [0, 0.1) is 17.8 Å². The smallest absolute Gasteiger partial charge is 0.0462 e. The summed E-state index contributed by atoms with van der Waals surface area (Å²) in [6.07, 6.45) is 12.3. The van der Waals surface area contributed by atoms with Gasteiger partial charge in [-0.05, 0) is 62.8 Å². The molecule has 2 aliphatic rings. The fourth-order valence-electron chi connectivity index (χ4n) is 4.00. The number of hydrogen-bond donors (Lipinski definition) is 2. The van der Waals surface area contributed by atoms with E-state index in [9.17, 15) is 5.11 Å². The Morgan fingerprint density at radius 1 is 1.00 bits per heavy atom. The third kappa shape index (κ3) is 3.96. The maximum absolute atomic E-state index is 9.34. The van der Waals surface area contributed by atoms with Gasteiger partial charge in [0.1, 0.15) is 0 Å². The van der Waals surface area contributed by atoms with Crippen molar-refractivity contribution in [1.29, 1.82) is 0 Å². The molecule has 2 atom stereocenters. The number of rotatable bonds is 6. The number of nitrogens with one attached hydrogen (secondary N) is 1. The van der Waals surface area contributed by atoms with Crippen LogP contribution in [-0.4, -0.2) is 24.3 Å². The second kappa shape index (κ2) is 7.49. The minimum Gasteiger partial charge on any atom is -0.396 e. The minimum absolute atomic E-state index is 0.398. The highest BCUT2D eigenvalue weighted by molar-refractivity contribution is 4.82. The molecule has 18 heavy (non-hydrogen) atoms. The molecular weight excluding hydrogens is 222 g/mol. The predicted octanol–water partition coefficient (Wildman–Crippen LogP) is 3.34. The van der Waals surface area contributed by atoms with Gasteiger partial charge in [-0.25, -0.2) is 0 Å². The molecule has 2 N–H and O–H groups in total. The van der Waals surface area contributed by atoms with Crippen LogP contribution in [-0.2, 0) is 0 Å². The van der Waals surface area contributed by atoms with Crippen molar-refractivity contribution in [3.63, 3.8) is 0 Å². The quantitative estimate of drug-likeness (QED) is 0.761. The molecule has 0 saturated heterocycles. The van der Waals surface area contributed by atoms with E-state index in [1.54, 1.807) is 0 Å². The summed E-state index contributed by atoms with van der Waals surface area (Å²) in [5.41, 5.74) is 0. The summed E-state index contributed by atoms with van der Waals surface area (Å²) >= 11 is 0. The SMILES string of the molecule is CCCC1CCC(NCC2CCCC2CO)CC1. The topological polar surface area (TPSA) is 32.3 Å². The second-order valence-electron chi connectivity index (χ2n) is 6.55. The van der Waals surface area contributed by atoms with Crippen molar-refractivity contribution in [2.24, 2.45) is 17.8 Å². The van der Waals surface area contributed by atoms with Gasteiger partial charge in [0.2, 0.25) is 0 Å². The van der Waals surface area contributed by atoms with E-state index < -0.39 is 0 Å². The van der Waals surface area contributed by atoms with Gasteiger partial charge in [-0.2, -0.15) is 0 Å². The van der Waals surface area contributed by atoms with Crippen molar-refractivity contribution >= 4 is 0 Å². The van der Waals surface area contributed by atoms with Crippen molar-refractivity contribution in [2.45, 2.75) is 70.8 Å². The van der Waals surface area contributed by atoms with E-state index in [1.807, 2.05) is 0 Å². The zero-order chi connectivity index (χ0) is 12.8. The van der Waals surface area contributed by atoms with Crippen molar-refractivity contribution in [1.82, 2.24) is 5.32 Å². The van der Waals surface area contributed by atoms with Crippen LogP contribution >= 0.6 is 0 Å². The fourth-order valence-corrected chi connectivity index (χ4v) is 4.00. The van der Waals surface area contributed by atoms with Gasteiger partial charge in [0.25, 0.3) is 0 Å². The van der Waals surface area contributed by atoms with Gasteiger partial charge in [-0.1, -0.05) is 26.2 Å². The normalized spacial score (nSPS) is 37.0. The minimum atomic E-state index is 0.398. The molecule has 106 valence electrons. The van der Waals surface area contributed by atoms with E-state index in [1.165, 1.54) is 57.8 Å². The number of aliphatic hydroxyl groups is 1. The highest BCUT2D eigenvalue weighted by atomic mass is 16.3. The largest absolute Gasteiger partial charge is 0.396 e. The third-order valence-corrected chi connectivity index (χ3v) is 5.26. The van der Waals surface area contributed by atoms with Gasteiger partial charge >= 0.3 is 0 Å². The summed E-state index contributed by atoms with van der Waals surface area (Å²) in [6, 6.07) is 0.762. The maximum Gasteiger partial charge on any atom is 0.0462 e. The highest BCUT2D eigenvalue weighted by Gasteiger charge is 2.27. The van der Waals surface area contributed by atoms with E-state index in [-0.39, 0.29) is 0 Å². The Morgan fingerprint density at radius 2 is 1.72 bits per heavy atom. The molecule has 2 saturated carbocycles. The maximum atomic E-state index is 9.34. The Hall–Kier alpha value is -0.0800. The Balaban J connectivity index is 1.63. The summed E-state index contributed by atoms with van der Waals surface area (Å²) in [5, 5.41) is 13.1. The van der Waals surface area contributed by atoms with E-state index in [0.717, 1.165) is 24.4 Å². The lowest BCUT2D eigenvalue weighted by Gasteiger charge is -2.30. The molecule has 0 spiro atoms. The van der Waals surface area contributed by atoms with E-state index in [0.29, 0.717) is 12.5 Å². The van der Waals surface area contributed by atoms with Crippen LogP contribution in [0.1, 0.15) is 64.7 Å². The van der Waals surface area contributed by atoms with Crippen LogP contribution < -0.4 is 5.32 Å². The van der Waals surface area contributed by atoms with Crippen LogP contribution in [0.15, 0.2) is 0 Å². The molecule has 0 amide bonds. The van der Waals surface area contributed by atoms with Crippen LogP contribution in [0.4, 0.5) is 0 Å². The molecule has 0 aromatic heterocycles. The van der Waals surface area contributed by atoms with Crippen LogP contribution in [0.2, 0.25) is 0 Å². The highest BCUT2D eigenvalue weighted by Crippen LogP contribution is 2.32. The van der Waals surface area contributed by atoms with Crippen molar-refractivity contribution in [3.8, 4) is 0 Å². The summed E-state index contributed by atoms with van der Waals surface area (Å²) in [7, 11) is 0. The standard InChI is InChI=1S/C16H31NO/c1-2-4-13-7-9-16(10-8-13)17-11-14-5-3-6-15(14)12-18/h13-18H,2-12H2,1H3. The Labute approximate surface area is 113 Å². The molecule has 2 heteroatoms. The van der Waals surface area contributed by atoms with Crippen molar-refractivity contribution in [3.05, 3.63) is 0 Å². The van der Waals surface area contributed by atoms with Gasteiger partial charge in [-0.3, -0.25) is 0 Å². The third-order valence-electron chi connectivity index (χ3n) is 5.26. The van der Waals surface area contributed by atoms with Crippen molar-refractivity contribution in [2.75, 3.05) is 13.2 Å². The lowest BCUT2D eigenvalue weighted by Crippen LogP contribution is -2.37. The first kappa shape index (κ1) is 14.3. The molecule has 0 radical (unpaired) electrons. The average Bonchev–Trinajstić information content (AvgIpc) is 2.86. The molecule has 2 rings (SSSR count). The Morgan fingerprint density at radius 3 is 2.39 bits per heavy atom. The van der Waals surface area contributed by atoms with E-state index in [2.05, 4.69) is 12.2 Å². The molecule has 0 aromatic rings. The van der Waals surface area contributed by atoms with Gasteiger partial charge < -0.3 is 10.4 Å². The van der Waals surface area contributed by atoms with Crippen molar-refractivity contribution < 1.29 is 5.11 Å². The lowest BCUT2D eigenvalue weighted by atomic mass is 9.83. The summed E-state index contributed by atoms with van der Waals surface area (Å²) in [6.45, 7) is 3.85. The summed E-state index contributed by atoms with van der Waals surface area (Å²) in [4.78, 5) is 0. The molecular formula is C16H31NO. The zero-order valence-corrected chi connectivity index (χ0v) is 12.0. The van der Waals surface area contributed by atoms with Crippen LogP contribution in [0.25, 0.3) is 0 Å². The zero-order valence-electron chi connectivity index (χ0n) is 12.0.